The monoisotopic (exact) mass is 654 g/mol. The first kappa shape index (κ1) is 33.8. The average molecular weight is 655 g/mol. The third-order valence-corrected chi connectivity index (χ3v) is 11.6. The van der Waals surface area contributed by atoms with Gasteiger partial charge < -0.3 is 20.6 Å². The minimum Gasteiger partial charge on any atom is -0.506 e. The molecule has 5 atom stereocenters. The van der Waals surface area contributed by atoms with Gasteiger partial charge in [0.25, 0.3) is 5.91 Å². The van der Waals surface area contributed by atoms with Gasteiger partial charge in [0.15, 0.2) is 0 Å². The van der Waals surface area contributed by atoms with Gasteiger partial charge in [-0.3, -0.25) is 9.78 Å². The Morgan fingerprint density at radius 3 is 2.27 bits per heavy atom. The molecule has 2 aliphatic heterocycles. The van der Waals surface area contributed by atoms with Gasteiger partial charge in [-0.2, -0.15) is 0 Å². The first-order valence-corrected chi connectivity index (χ1v) is 17.5. The van der Waals surface area contributed by atoms with Crippen LogP contribution in [0.2, 0.25) is 0 Å². The molecule has 48 heavy (non-hydrogen) atoms. The SMILES string of the molecule is CC[C@@H](C)C(C)[C@H](C)[C@H](C)C1CCN1C(=O)c1cccc(-c2ccc3ncc(-c4cc(F)cc(F)c4)c(N4CCC(N)CC4)c3c2)c1O. The van der Waals surface area contributed by atoms with Gasteiger partial charge >= 0.3 is 0 Å². The van der Waals surface area contributed by atoms with Crippen LogP contribution in [0.3, 0.4) is 0 Å². The number of rotatable bonds is 9. The summed E-state index contributed by atoms with van der Waals surface area (Å²) in [6.45, 7) is 13.5. The molecular formula is C40H48F2N4O2. The molecule has 0 aliphatic carbocycles. The molecule has 0 spiro atoms. The van der Waals surface area contributed by atoms with Crippen molar-refractivity contribution in [3.8, 4) is 28.0 Å². The molecule has 6 rings (SSSR count). The van der Waals surface area contributed by atoms with Crippen molar-refractivity contribution in [2.45, 2.75) is 72.4 Å². The summed E-state index contributed by atoms with van der Waals surface area (Å²) in [5.41, 5.74) is 10.4. The highest BCUT2D eigenvalue weighted by Crippen LogP contribution is 2.42. The number of aromatic hydroxyl groups is 1. The second-order valence-electron chi connectivity index (χ2n) is 14.3. The van der Waals surface area contributed by atoms with E-state index in [-0.39, 0.29) is 23.7 Å². The molecule has 2 unspecified atom stereocenters. The Kier molecular flexibility index (Phi) is 9.75. The lowest BCUT2D eigenvalue weighted by atomic mass is 9.72. The Bertz CT molecular complexity index is 1780. The molecule has 254 valence electrons. The second kappa shape index (κ2) is 13.8. The van der Waals surface area contributed by atoms with Crippen LogP contribution in [0.15, 0.2) is 60.8 Å². The Morgan fingerprint density at radius 1 is 0.917 bits per heavy atom. The number of nitrogens with zero attached hydrogens (tertiary/aromatic N) is 3. The third-order valence-electron chi connectivity index (χ3n) is 11.6. The van der Waals surface area contributed by atoms with Crippen molar-refractivity contribution in [2.24, 2.45) is 29.4 Å². The van der Waals surface area contributed by atoms with Crippen LogP contribution >= 0.6 is 0 Å². The summed E-state index contributed by atoms with van der Waals surface area (Å²) in [7, 11) is 0. The van der Waals surface area contributed by atoms with Gasteiger partial charge in [0, 0.05) is 60.5 Å². The molecule has 4 aromatic rings. The van der Waals surface area contributed by atoms with E-state index in [4.69, 9.17) is 5.73 Å². The minimum atomic E-state index is -0.657. The number of fused-ring (bicyclic) bond motifs is 1. The van der Waals surface area contributed by atoms with Crippen molar-refractivity contribution in [1.82, 2.24) is 9.88 Å². The zero-order chi connectivity index (χ0) is 34.3. The van der Waals surface area contributed by atoms with Gasteiger partial charge in [0.2, 0.25) is 0 Å². The molecule has 2 aliphatic rings. The molecule has 3 N–H and O–H groups in total. The van der Waals surface area contributed by atoms with Gasteiger partial charge in [-0.15, -0.1) is 0 Å². The van der Waals surface area contributed by atoms with Gasteiger partial charge in [0.1, 0.15) is 17.4 Å². The van der Waals surface area contributed by atoms with Crippen LogP contribution in [0.25, 0.3) is 33.2 Å². The Hall–Kier alpha value is -4.04. The molecule has 0 bridgehead atoms. The number of phenols is 1. The molecule has 1 aromatic heterocycles. The van der Waals surface area contributed by atoms with Crippen molar-refractivity contribution in [2.75, 3.05) is 24.5 Å². The third kappa shape index (κ3) is 6.39. The number of carbonyl (C=O) groups excluding carboxylic acids is 1. The topological polar surface area (TPSA) is 82.7 Å². The van der Waals surface area contributed by atoms with Crippen molar-refractivity contribution in [3.05, 3.63) is 78.0 Å². The first-order valence-electron chi connectivity index (χ1n) is 17.5. The van der Waals surface area contributed by atoms with Gasteiger partial charge in [0.05, 0.1) is 16.8 Å². The Balaban J connectivity index is 1.37. The summed E-state index contributed by atoms with van der Waals surface area (Å²) in [5, 5.41) is 12.4. The van der Waals surface area contributed by atoms with Crippen molar-refractivity contribution in [1.29, 1.82) is 0 Å². The summed E-state index contributed by atoms with van der Waals surface area (Å²) < 4.78 is 28.8. The standard InChI is InChI=1S/C40H48F2N4O2/c1-6-23(2)24(3)25(4)26(5)37-14-17-46(37)40(48)33-9-7-8-32(39(33)47)27-10-11-36-34(20-27)38(45-15-12-31(43)13-16-45)35(22-44-36)28-18-29(41)21-30(42)19-28/h7-11,18-26,31,37,47H,6,12-17,43H2,1-5H3/t23-,24?,25+,26+,37?/m1/s1. The van der Waals surface area contributed by atoms with E-state index in [1.54, 1.807) is 12.3 Å². The van der Waals surface area contributed by atoms with Gasteiger partial charge in [-0.05, 0) is 84.4 Å². The normalized spacial score (nSPS) is 19.5. The van der Waals surface area contributed by atoms with Gasteiger partial charge in [-0.1, -0.05) is 59.2 Å². The number of phenolic OH excluding ortho intramolecular Hbond substituents is 1. The molecule has 8 heteroatoms. The summed E-state index contributed by atoms with van der Waals surface area (Å²) in [6, 6.07) is 14.8. The number of halogens is 2. The number of amides is 1. The molecule has 3 heterocycles. The predicted octanol–water partition coefficient (Wildman–Crippen LogP) is 8.65. The maximum atomic E-state index is 14.4. The van der Waals surface area contributed by atoms with Crippen LogP contribution < -0.4 is 10.6 Å². The molecule has 0 saturated carbocycles. The van der Waals surface area contributed by atoms with Crippen LogP contribution in [0.1, 0.15) is 70.7 Å². The van der Waals surface area contributed by atoms with E-state index in [1.165, 1.54) is 12.1 Å². The lowest BCUT2D eigenvalue weighted by Crippen LogP contribution is -2.55. The van der Waals surface area contributed by atoms with Crippen LogP contribution in [0, 0.1) is 35.3 Å². The van der Waals surface area contributed by atoms with E-state index < -0.39 is 11.6 Å². The highest BCUT2D eigenvalue weighted by Gasteiger charge is 2.40. The lowest BCUT2D eigenvalue weighted by molar-refractivity contribution is 0.0149. The fraction of sp³-hybridized carbons (Fsp3) is 0.450. The number of piperidine rings is 1. The second-order valence-corrected chi connectivity index (χ2v) is 14.3. The van der Waals surface area contributed by atoms with Crippen molar-refractivity contribution >= 4 is 22.5 Å². The van der Waals surface area contributed by atoms with E-state index in [1.807, 2.05) is 35.2 Å². The maximum Gasteiger partial charge on any atom is 0.257 e. The van der Waals surface area contributed by atoms with Crippen LogP contribution in [0.5, 0.6) is 5.75 Å². The van der Waals surface area contributed by atoms with Crippen LogP contribution in [-0.2, 0) is 0 Å². The smallest absolute Gasteiger partial charge is 0.257 e. The summed E-state index contributed by atoms with van der Waals surface area (Å²) >= 11 is 0. The fourth-order valence-electron chi connectivity index (χ4n) is 7.76. The predicted molar refractivity (Wildman–Crippen MR) is 190 cm³/mol. The molecule has 6 nitrogen and oxygen atoms in total. The summed E-state index contributed by atoms with van der Waals surface area (Å²) in [6.07, 6.45) is 5.35. The maximum absolute atomic E-state index is 14.4. The van der Waals surface area contributed by atoms with Crippen molar-refractivity contribution in [3.63, 3.8) is 0 Å². The fourth-order valence-corrected chi connectivity index (χ4v) is 7.76. The van der Waals surface area contributed by atoms with E-state index in [9.17, 15) is 18.7 Å². The number of aromatic nitrogens is 1. The number of benzene rings is 3. The van der Waals surface area contributed by atoms with E-state index in [0.29, 0.717) is 71.1 Å². The van der Waals surface area contributed by atoms with E-state index >= 15 is 0 Å². The van der Waals surface area contributed by atoms with Crippen LogP contribution in [-0.4, -0.2) is 52.6 Å². The number of likely N-dealkylation sites (tertiary alicyclic amines) is 1. The highest BCUT2D eigenvalue weighted by molar-refractivity contribution is 6.03. The van der Waals surface area contributed by atoms with Crippen LogP contribution in [0.4, 0.5) is 14.5 Å². The Labute approximate surface area is 283 Å². The number of pyridine rings is 1. The Morgan fingerprint density at radius 2 is 1.62 bits per heavy atom. The molecular weight excluding hydrogens is 606 g/mol. The van der Waals surface area contributed by atoms with Gasteiger partial charge in [-0.25, -0.2) is 8.78 Å². The zero-order valence-electron chi connectivity index (χ0n) is 28.7. The largest absolute Gasteiger partial charge is 0.506 e. The quantitative estimate of drug-likeness (QED) is 0.189. The number of hydrogen-bond donors (Lipinski definition) is 2. The summed E-state index contributed by atoms with van der Waals surface area (Å²) in [5.74, 6) is 0.452. The minimum absolute atomic E-state index is 0.0528. The molecule has 1 amide bonds. The summed E-state index contributed by atoms with van der Waals surface area (Å²) in [4.78, 5) is 22.8. The number of carbonyl (C=O) groups is 1. The number of para-hydroxylation sites is 1. The zero-order valence-corrected chi connectivity index (χ0v) is 28.7. The number of hydrogen-bond acceptors (Lipinski definition) is 5. The molecule has 2 saturated heterocycles. The average Bonchev–Trinajstić information content (AvgIpc) is 3.06. The number of anilines is 1. The molecule has 3 aromatic carbocycles. The van der Waals surface area contributed by atoms with Crippen molar-refractivity contribution < 1.29 is 18.7 Å². The molecule has 2 fully saturated rings. The number of nitrogens with two attached hydrogens (primary N) is 1. The highest BCUT2D eigenvalue weighted by atomic mass is 19.1. The lowest BCUT2D eigenvalue weighted by Gasteiger charge is -2.47. The van der Waals surface area contributed by atoms with E-state index in [2.05, 4.69) is 44.5 Å². The van der Waals surface area contributed by atoms with E-state index in [0.717, 1.165) is 48.4 Å². The molecule has 0 radical (unpaired) electrons. The first-order chi connectivity index (χ1) is 23.0.